The van der Waals surface area contributed by atoms with E-state index in [-0.39, 0.29) is 5.75 Å². The van der Waals surface area contributed by atoms with Gasteiger partial charge in [-0.05, 0) is 45.8 Å². The van der Waals surface area contributed by atoms with Crippen molar-refractivity contribution in [2.24, 2.45) is 0 Å². The summed E-state index contributed by atoms with van der Waals surface area (Å²) >= 11 is 3.39. The molecule has 0 saturated carbocycles. The van der Waals surface area contributed by atoms with Crippen LogP contribution in [0, 0.1) is 0 Å². The predicted molar refractivity (Wildman–Crippen MR) is 98.7 cm³/mol. The van der Waals surface area contributed by atoms with Gasteiger partial charge in [-0.2, -0.15) is 0 Å². The Bertz CT molecular complexity index is 973. The van der Waals surface area contributed by atoms with Gasteiger partial charge in [-0.25, -0.2) is 8.42 Å². The molecule has 0 unspecified atom stereocenters. The Balaban J connectivity index is 1.79. The summed E-state index contributed by atoms with van der Waals surface area (Å²) < 4.78 is 24.5. The van der Waals surface area contributed by atoms with Gasteiger partial charge in [-0.3, -0.25) is 9.97 Å². The number of pyridine rings is 2. The molecule has 0 fully saturated rings. The number of fused-ring (bicyclic) bond motifs is 1. The van der Waals surface area contributed by atoms with Crippen molar-refractivity contribution in [2.45, 2.75) is 18.4 Å². The molecule has 0 aliphatic rings. The van der Waals surface area contributed by atoms with Crippen molar-refractivity contribution in [1.29, 1.82) is 0 Å². The predicted octanol–water partition coefficient (Wildman–Crippen LogP) is 3.80. The van der Waals surface area contributed by atoms with E-state index in [1.807, 2.05) is 24.3 Å². The fraction of sp³-hybridized carbons (Fsp3) is 0.176. The summed E-state index contributed by atoms with van der Waals surface area (Å²) in [7, 11) is -3.16. The van der Waals surface area contributed by atoms with Crippen LogP contribution in [0.2, 0.25) is 0 Å². The monoisotopic (exact) mass is 405 g/mol. The Kier molecular flexibility index (Phi) is 4.82. The second-order valence-corrected chi connectivity index (χ2v) is 8.47. The zero-order valence-electron chi connectivity index (χ0n) is 13.0. The number of nitrogens with zero attached hydrogens (tertiary/aromatic N) is 2. The number of sulfone groups is 1. The van der Waals surface area contributed by atoms with E-state index in [2.05, 4.69) is 31.2 Å². The van der Waals surface area contributed by atoms with Gasteiger partial charge in [0.15, 0.2) is 9.84 Å². The summed E-state index contributed by atoms with van der Waals surface area (Å²) in [5, 5.41) is 3.33. The molecule has 0 atom stereocenters. The maximum Gasteiger partial charge on any atom is 0.178 e. The van der Waals surface area contributed by atoms with Crippen molar-refractivity contribution in [1.82, 2.24) is 9.97 Å². The molecule has 124 valence electrons. The fourth-order valence-electron chi connectivity index (χ4n) is 2.33. The highest BCUT2D eigenvalue weighted by molar-refractivity contribution is 9.10. The summed E-state index contributed by atoms with van der Waals surface area (Å²) in [4.78, 5) is 9.06. The van der Waals surface area contributed by atoms with Crippen LogP contribution in [0.15, 0.2) is 58.2 Å². The van der Waals surface area contributed by atoms with E-state index < -0.39 is 9.84 Å². The molecule has 0 bridgehead atoms. The van der Waals surface area contributed by atoms with Gasteiger partial charge in [0.25, 0.3) is 0 Å². The SMILES string of the molecule is CCS(=O)(=O)c1ccc(CNc2ccnc3cc(Br)cnc23)cc1. The van der Waals surface area contributed by atoms with Crippen molar-refractivity contribution in [2.75, 3.05) is 11.1 Å². The Hall–Kier alpha value is -1.99. The molecule has 2 heterocycles. The summed E-state index contributed by atoms with van der Waals surface area (Å²) in [5.74, 6) is 0.106. The average Bonchev–Trinajstić information content (AvgIpc) is 2.60. The van der Waals surface area contributed by atoms with E-state index in [9.17, 15) is 8.42 Å². The molecule has 1 aromatic carbocycles. The molecule has 0 aliphatic heterocycles. The van der Waals surface area contributed by atoms with Crippen LogP contribution in [0.5, 0.6) is 0 Å². The largest absolute Gasteiger partial charge is 0.379 e. The molecule has 2 aromatic heterocycles. The number of hydrogen-bond donors (Lipinski definition) is 1. The van der Waals surface area contributed by atoms with Crippen LogP contribution in [0.4, 0.5) is 5.69 Å². The number of anilines is 1. The zero-order chi connectivity index (χ0) is 17.2. The first-order chi connectivity index (χ1) is 11.5. The van der Waals surface area contributed by atoms with E-state index in [0.717, 1.165) is 26.8 Å². The van der Waals surface area contributed by atoms with Crippen LogP contribution in [0.3, 0.4) is 0 Å². The number of rotatable bonds is 5. The number of benzene rings is 1. The Morgan fingerprint density at radius 1 is 1.12 bits per heavy atom. The highest BCUT2D eigenvalue weighted by atomic mass is 79.9. The normalized spacial score (nSPS) is 11.6. The minimum Gasteiger partial charge on any atom is -0.379 e. The topological polar surface area (TPSA) is 72.0 Å². The van der Waals surface area contributed by atoms with Gasteiger partial charge in [0.1, 0.15) is 5.52 Å². The van der Waals surface area contributed by atoms with Crippen LogP contribution in [-0.2, 0) is 16.4 Å². The van der Waals surface area contributed by atoms with Crippen molar-refractivity contribution in [3.05, 3.63) is 58.8 Å². The highest BCUT2D eigenvalue weighted by Crippen LogP contribution is 2.22. The van der Waals surface area contributed by atoms with Crippen LogP contribution < -0.4 is 5.32 Å². The fourth-order valence-corrected chi connectivity index (χ4v) is 3.53. The van der Waals surface area contributed by atoms with Gasteiger partial charge in [-0.15, -0.1) is 0 Å². The first kappa shape index (κ1) is 16.9. The maximum absolute atomic E-state index is 11.8. The lowest BCUT2D eigenvalue weighted by molar-refractivity contribution is 0.597. The molecule has 0 radical (unpaired) electrons. The van der Waals surface area contributed by atoms with E-state index in [0.29, 0.717) is 11.4 Å². The smallest absolute Gasteiger partial charge is 0.178 e. The highest BCUT2D eigenvalue weighted by Gasteiger charge is 2.10. The van der Waals surface area contributed by atoms with Gasteiger partial charge in [0, 0.05) is 23.4 Å². The molecule has 5 nitrogen and oxygen atoms in total. The number of aromatic nitrogens is 2. The van der Waals surface area contributed by atoms with Gasteiger partial charge in [-0.1, -0.05) is 19.1 Å². The Labute approximate surface area is 149 Å². The number of halogens is 1. The summed E-state index contributed by atoms with van der Waals surface area (Å²) in [6.45, 7) is 2.22. The zero-order valence-corrected chi connectivity index (χ0v) is 15.4. The average molecular weight is 406 g/mol. The molecular formula is C17H16BrN3O2S. The molecule has 0 amide bonds. The van der Waals surface area contributed by atoms with Crippen molar-refractivity contribution in [3.63, 3.8) is 0 Å². The molecule has 3 rings (SSSR count). The second kappa shape index (κ2) is 6.86. The van der Waals surface area contributed by atoms with Crippen molar-refractivity contribution in [3.8, 4) is 0 Å². The van der Waals surface area contributed by atoms with Crippen LogP contribution in [0.25, 0.3) is 11.0 Å². The minimum atomic E-state index is -3.16. The second-order valence-electron chi connectivity index (χ2n) is 5.28. The first-order valence-corrected chi connectivity index (χ1v) is 9.90. The third-order valence-corrected chi connectivity index (χ3v) is 5.87. The van der Waals surface area contributed by atoms with E-state index in [1.165, 1.54) is 0 Å². The lowest BCUT2D eigenvalue weighted by Crippen LogP contribution is -2.05. The molecule has 1 N–H and O–H groups in total. The lowest BCUT2D eigenvalue weighted by Gasteiger charge is -2.09. The van der Waals surface area contributed by atoms with Crippen LogP contribution in [-0.4, -0.2) is 24.1 Å². The van der Waals surface area contributed by atoms with E-state index >= 15 is 0 Å². The molecule has 0 saturated heterocycles. The molecule has 0 spiro atoms. The number of nitrogens with one attached hydrogen (secondary N) is 1. The summed E-state index contributed by atoms with van der Waals surface area (Å²) in [6.07, 6.45) is 3.47. The van der Waals surface area contributed by atoms with Crippen molar-refractivity contribution >= 4 is 42.5 Å². The quantitative estimate of drug-likeness (QED) is 0.698. The molecular weight excluding hydrogens is 390 g/mol. The first-order valence-electron chi connectivity index (χ1n) is 7.45. The Morgan fingerprint density at radius 2 is 1.88 bits per heavy atom. The molecule has 3 aromatic rings. The maximum atomic E-state index is 11.8. The van der Waals surface area contributed by atoms with Gasteiger partial charge < -0.3 is 5.32 Å². The lowest BCUT2D eigenvalue weighted by atomic mass is 10.2. The Morgan fingerprint density at radius 3 is 2.58 bits per heavy atom. The summed E-state index contributed by atoms with van der Waals surface area (Å²) in [5.41, 5.74) is 3.48. The molecule has 24 heavy (non-hydrogen) atoms. The van der Waals surface area contributed by atoms with E-state index in [4.69, 9.17) is 0 Å². The molecule has 0 aliphatic carbocycles. The van der Waals surface area contributed by atoms with Gasteiger partial charge >= 0.3 is 0 Å². The minimum absolute atomic E-state index is 0.106. The third kappa shape index (κ3) is 3.57. The van der Waals surface area contributed by atoms with Crippen LogP contribution in [0.1, 0.15) is 12.5 Å². The number of hydrogen-bond acceptors (Lipinski definition) is 5. The van der Waals surface area contributed by atoms with Gasteiger partial charge in [0.2, 0.25) is 0 Å². The van der Waals surface area contributed by atoms with E-state index in [1.54, 1.807) is 31.5 Å². The third-order valence-electron chi connectivity index (χ3n) is 3.69. The molecule has 7 heteroatoms. The van der Waals surface area contributed by atoms with Gasteiger partial charge in [0.05, 0.1) is 21.9 Å². The standard InChI is InChI=1S/C17H16BrN3O2S/c1-2-24(22,23)14-5-3-12(4-6-14)10-20-15-7-8-19-16-9-13(18)11-21-17(15)16/h3-9,11H,2,10H2,1H3,(H,19,20). The summed E-state index contributed by atoms with van der Waals surface area (Å²) in [6, 6.07) is 10.7. The van der Waals surface area contributed by atoms with Crippen LogP contribution >= 0.6 is 15.9 Å². The van der Waals surface area contributed by atoms with Crippen molar-refractivity contribution < 1.29 is 8.42 Å².